The van der Waals surface area contributed by atoms with Gasteiger partial charge in [0.2, 0.25) is 0 Å². The highest BCUT2D eigenvalue weighted by Crippen LogP contribution is 2.39. The van der Waals surface area contributed by atoms with Crippen molar-refractivity contribution in [3.8, 4) is 0 Å². The Kier molecular flexibility index (Phi) is 7.05. The van der Waals surface area contributed by atoms with Crippen molar-refractivity contribution in [2.24, 2.45) is 5.73 Å². The first-order valence-corrected chi connectivity index (χ1v) is 7.39. The molecule has 0 unspecified atom stereocenters. The van der Waals surface area contributed by atoms with E-state index in [0.717, 1.165) is 12.7 Å². The molecule has 2 N–H and O–H groups in total. The molecule has 0 spiro atoms. The zero-order chi connectivity index (χ0) is 15.0. The second kappa shape index (κ2) is 8.56. The number of fused-ring (bicyclic) bond motifs is 2. The monoisotopic (exact) mass is 287 g/mol. The van der Waals surface area contributed by atoms with E-state index in [0.29, 0.717) is 0 Å². The maximum absolute atomic E-state index is 8.81. The van der Waals surface area contributed by atoms with Crippen LogP contribution in [0.4, 0.5) is 0 Å². The third-order valence-electron chi connectivity index (χ3n) is 2.79. The number of aldehydes is 1. The average Bonchev–Trinajstić information content (AvgIpc) is 2.48. The quantitative estimate of drug-likeness (QED) is 0.639. The van der Waals surface area contributed by atoms with Gasteiger partial charge in [-0.25, -0.2) is 0 Å². The van der Waals surface area contributed by atoms with Crippen LogP contribution in [0.1, 0.15) is 23.6 Å². The summed E-state index contributed by atoms with van der Waals surface area (Å²) in [5.74, 6) is 0. The first kappa shape index (κ1) is 16.5. The van der Waals surface area contributed by atoms with Crippen LogP contribution in [0.5, 0.6) is 0 Å². The topological polar surface area (TPSA) is 43.1 Å². The predicted molar refractivity (Wildman–Crippen MR) is 86.4 cm³/mol. The lowest BCUT2D eigenvalue weighted by molar-refractivity contribution is -0.106. The van der Waals surface area contributed by atoms with Crippen molar-refractivity contribution in [3.05, 3.63) is 59.2 Å². The van der Waals surface area contributed by atoms with Gasteiger partial charge in [0.05, 0.1) is 0 Å². The Labute approximate surface area is 125 Å². The van der Waals surface area contributed by atoms with E-state index in [2.05, 4.69) is 55.1 Å². The molecule has 106 valence electrons. The van der Waals surface area contributed by atoms with Crippen LogP contribution in [0.15, 0.2) is 52.3 Å². The Balaban J connectivity index is 0.000000357. The van der Waals surface area contributed by atoms with E-state index < -0.39 is 0 Å². The smallest absolute Gasteiger partial charge is 0.116 e. The largest absolute Gasteiger partial charge is 0.333 e. The summed E-state index contributed by atoms with van der Waals surface area (Å²) in [6.45, 7) is 3.60. The highest BCUT2D eigenvalue weighted by Gasteiger charge is 2.14. The molecule has 0 saturated heterocycles. The van der Waals surface area contributed by atoms with Gasteiger partial charge in [0.15, 0.2) is 0 Å². The molecule has 0 radical (unpaired) electrons. The number of carbonyl (C=O) groups is 1. The summed E-state index contributed by atoms with van der Waals surface area (Å²) < 4.78 is 0. The molecule has 0 aliphatic carbocycles. The molecule has 0 amide bonds. The lowest BCUT2D eigenvalue weighted by Gasteiger charge is -2.18. The average molecular weight is 287 g/mol. The molecule has 20 heavy (non-hydrogen) atoms. The van der Waals surface area contributed by atoms with Gasteiger partial charge in [-0.05, 0) is 50.6 Å². The van der Waals surface area contributed by atoms with E-state index in [-0.39, 0.29) is 0 Å². The Hall–Kier alpha value is -1.58. The number of rotatable bonds is 0. The van der Waals surface area contributed by atoms with Crippen molar-refractivity contribution in [1.82, 2.24) is 0 Å². The van der Waals surface area contributed by atoms with E-state index in [1.54, 1.807) is 0 Å². The predicted octanol–water partition coefficient (Wildman–Crippen LogP) is 3.83. The normalized spacial score (nSPS) is 10.8. The molecule has 1 aliphatic rings. The van der Waals surface area contributed by atoms with Crippen LogP contribution in [-0.4, -0.2) is 13.3 Å². The van der Waals surface area contributed by atoms with E-state index in [4.69, 9.17) is 4.79 Å². The van der Waals surface area contributed by atoms with Crippen LogP contribution in [0, 0.1) is 6.92 Å². The summed E-state index contributed by atoms with van der Waals surface area (Å²) in [5.41, 5.74) is 8.79. The number of hydrogen-bond donors (Lipinski definition) is 1. The maximum atomic E-state index is 8.81. The van der Waals surface area contributed by atoms with Gasteiger partial charge < -0.3 is 10.5 Å². The van der Waals surface area contributed by atoms with Crippen LogP contribution in [0.25, 0.3) is 0 Å². The first-order chi connectivity index (χ1) is 9.74. The number of carbonyl (C=O) groups excluding carboxylic acids is 1. The maximum Gasteiger partial charge on any atom is 0.116 e. The van der Waals surface area contributed by atoms with Crippen molar-refractivity contribution >= 4 is 18.0 Å². The second-order valence-electron chi connectivity index (χ2n) is 4.23. The van der Waals surface area contributed by atoms with Gasteiger partial charge >= 0.3 is 0 Å². The highest BCUT2D eigenvalue weighted by molar-refractivity contribution is 7.99. The summed E-state index contributed by atoms with van der Waals surface area (Å²) in [5, 5.41) is 0. The Morgan fingerprint density at radius 2 is 1.65 bits per heavy atom. The van der Waals surface area contributed by atoms with Crippen LogP contribution in [-0.2, 0) is 11.2 Å². The van der Waals surface area contributed by atoms with Gasteiger partial charge in [0.25, 0.3) is 0 Å². The van der Waals surface area contributed by atoms with Crippen molar-refractivity contribution < 1.29 is 4.79 Å². The van der Waals surface area contributed by atoms with Crippen molar-refractivity contribution in [2.75, 3.05) is 7.05 Å². The van der Waals surface area contributed by atoms with Crippen molar-refractivity contribution in [3.63, 3.8) is 0 Å². The summed E-state index contributed by atoms with van der Waals surface area (Å²) in [6, 6.07) is 15.4. The molecule has 3 rings (SSSR count). The summed E-state index contributed by atoms with van der Waals surface area (Å²) in [7, 11) is 1.50. The third-order valence-corrected chi connectivity index (χ3v) is 4.03. The van der Waals surface area contributed by atoms with Gasteiger partial charge in [0, 0.05) is 9.79 Å². The molecule has 2 aromatic carbocycles. The number of benzene rings is 2. The number of hydrogen-bond acceptors (Lipinski definition) is 3. The fraction of sp³-hybridized carbons (Fsp3) is 0.235. The van der Waals surface area contributed by atoms with Crippen LogP contribution < -0.4 is 5.73 Å². The number of nitrogens with two attached hydrogens (primary N) is 1. The van der Waals surface area contributed by atoms with Crippen molar-refractivity contribution in [1.29, 1.82) is 0 Å². The summed E-state index contributed by atoms with van der Waals surface area (Å²) in [6.07, 6.45) is 1.83. The minimum Gasteiger partial charge on any atom is -0.333 e. The van der Waals surface area contributed by atoms with Gasteiger partial charge in [-0.3, -0.25) is 0 Å². The van der Waals surface area contributed by atoms with Gasteiger partial charge in [-0.15, -0.1) is 0 Å². The minimum atomic E-state index is 0.750. The minimum absolute atomic E-state index is 0.750. The fourth-order valence-corrected chi connectivity index (χ4v) is 3.07. The second-order valence-corrected chi connectivity index (χ2v) is 5.32. The Morgan fingerprint density at radius 1 is 1.05 bits per heavy atom. The lowest BCUT2D eigenvalue weighted by atomic mass is 10.0. The molecule has 3 heteroatoms. The zero-order valence-electron chi connectivity index (χ0n) is 12.2. The molecular formula is C17H21NOS. The molecular weight excluding hydrogens is 266 g/mol. The summed E-state index contributed by atoms with van der Waals surface area (Å²) >= 11 is 1.89. The zero-order valence-corrected chi connectivity index (χ0v) is 13.0. The molecule has 2 nitrogen and oxygen atoms in total. The SMILES string of the molecule is CC=O.CN.Cc1ccc2c(c1)Cc1ccccc1S2. The highest BCUT2D eigenvalue weighted by atomic mass is 32.2. The van der Waals surface area contributed by atoms with Crippen LogP contribution in [0.3, 0.4) is 0 Å². The number of aryl methyl sites for hydroxylation is 1. The Bertz CT molecular complexity index is 567. The molecule has 1 aliphatic heterocycles. The molecule has 2 aromatic rings. The fourth-order valence-electron chi connectivity index (χ4n) is 2.02. The van der Waals surface area contributed by atoms with Crippen LogP contribution >= 0.6 is 11.8 Å². The van der Waals surface area contributed by atoms with Crippen LogP contribution in [0.2, 0.25) is 0 Å². The molecule has 0 saturated carbocycles. The van der Waals surface area contributed by atoms with Gasteiger partial charge in [-0.2, -0.15) is 0 Å². The molecule has 0 atom stereocenters. The summed E-state index contributed by atoms with van der Waals surface area (Å²) in [4.78, 5) is 11.6. The van der Waals surface area contributed by atoms with Gasteiger partial charge in [0.1, 0.15) is 6.29 Å². The molecule has 0 bridgehead atoms. The molecule has 1 heterocycles. The molecule has 0 aromatic heterocycles. The third kappa shape index (κ3) is 4.22. The van der Waals surface area contributed by atoms with Gasteiger partial charge in [-0.1, -0.05) is 47.7 Å². The van der Waals surface area contributed by atoms with E-state index in [9.17, 15) is 0 Å². The van der Waals surface area contributed by atoms with E-state index in [1.807, 2.05) is 11.8 Å². The standard InChI is InChI=1S/C14H12S.C2H4O.CH5N/c1-10-6-7-14-12(8-10)9-11-4-2-3-5-13(11)15-14;1-2-3;1-2/h2-8H,9H2,1H3;2H,1H3;2H2,1H3. The molecule has 0 fully saturated rings. The van der Waals surface area contributed by atoms with E-state index in [1.165, 1.54) is 40.5 Å². The first-order valence-electron chi connectivity index (χ1n) is 6.57. The lowest BCUT2D eigenvalue weighted by Crippen LogP contribution is -1.99. The van der Waals surface area contributed by atoms with Crippen molar-refractivity contribution in [2.45, 2.75) is 30.1 Å². The van der Waals surface area contributed by atoms with E-state index >= 15 is 0 Å². The Morgan fingerprint density at radius 3 is 2.35 bits per heavy atom.